The number of rotatable bonds is 9. The fourth-order valence-corrected chi connectivity index (χ4v) is 1.88. The van der Waals surface area contributed by atoms with Gasteiger partial charge in [0.25, 0.3) is 0 Å². The van der Waals surface area contributed by atoms with Crippen molar-refractivity contribution in [2.75, 3.05) is 13.2 Å². The molecule has 5 nitrogen and oxygen atoms in total. The normalized spacial score (nSPS) is 13.1. The number of hydrogen-bond acceptors (Lipinski definition) is 4. The predicted octanol–water partition coefficient (Wildman–Crippen LogP) is 1.59. The molecule has 0 aliphatic heterocycles. The fraction of sp³-hybridized carbons (Fsp3) is 0.333. The van der Waals surface area contributed by atoms with E-state index in [-0.39, 0.29) is 13.2 Å². The van der Waals surface area contributed by atoms with Crippen molar-refractivity contribution < 1.29 is 18.7 Å². The van der Waals surface area contributed by atoms with Crippen LogP contribution in [0.2, 0.25) is 0 Å². The maximum absolute atomic E-state index is 11.8. The standard InChI is InChI=1S/C9H16NO4P/c1-4-7-13-15(12,14-8-5-2)10-9(11)6-3/h4-6,9,11H,1-3,7-8H2,(H,10,12). The SMILES string of the molecule is C=CCOP(=O)(NC(O)C=C)OCC=C. The lowest BCUT2D eigenvalue weighted by atomic mass is 10.6. The summed E-state index contributed by atoms with van der Waals surface area (Å²) in [6.07, 6.45) is 2.85. The van der Waals surface area contributed by atoms with Crippen LogP contribution in [0.1, 0.15) is 0 Å². The van der Waals surface area contributed by atoms with Crippen LogP contribution in [0.15, 0.2) is 38.0 Å². The van der Waals surface area contributed by atoms with Gasteiger partial charge in [-0.05, 0) is 6.08 Å². The van der Waals surface area contributed by atoms with Crippen LogP contribution in [0.25, 0.3) is 0 Å². The minimum Gasteiger partial charge on any atom is -0.374 e. The Kier molecular flexibility index (Phi) is 7.21. The molecule has 0 aromatic carbocycles. The number of aliphatic hydroxyl groups excluding tert-OH is 1. The molecule has 0 amide bonds. The highest BCUT2D eigenvalue weighted by molar-refractivity contribution is 7.51. The van der Waals surface area contributed by atoms with Crippen LogP contribution in [0.3, 0.4) is 0 Å². The average molecular weight is 233 g/mol. The van der Waals surface area contributed by atoms with Gasteiger partial charge >= 0.3 is 7.75 Å². The maximum atomic E-state index is 11.8. The van der Waals surface area contributed by atoms with E-state index in [0.717, 1.165) is 0 Å². The first-order valence-corrected chi connectivity index (χ1v) is 5.81. The zero-order chi connectivity index (χ0) is 11.7. The number of aliphatic hydroxyl groups is 1. The molecule has 15 heavy (non-hydrogen) atoms. The Hall–Kier alpha value is -0.710. The van der Waals surface area contributed by atoms with Gasteiger partial charge in [0.15, 0.2) is 0 Å². The molecule has 0 rings (SSSR count). The first kappa shape index (κ1) is 14.3. The number of hydrogen-bond donors (Lipinski definition) is 2. The molecule has 1 unspecified atom stereocenters. The molecule has 0 aliphatic carbocycles. The van der Waals surface area contributed by atoms with Gasteiger partial charge in [-0.3, -0.25) is 9.05 Å². The molecule has 6 heteroatoms. The zero-order valence-electron chi connectivity index (χ0n) is 8.46. The highest BCUT2D eigenvalue weighted by Crippen LogP contribution is 2.43. The Morgan fingerprint density at radius 2 is 1.73 bits per heavy atom. The van der Waals surface area contributed by atoms with E-state index in [9.17, 15) is 9.67 Å². The minimum absolute atomic E-state index is 0.0469. The molecule has 0 aromatic rings. The average Bonchev–Trinajstić information content (AvgIpc) is 2.23. The van der Waals surface area contributed by atoms with E-state index in [1.165, 1.54) is 18.2 Å². The summed E-state index contributed by atoms with van der Waals surface area (Å²) in [5.41, 5.74) is 0. The molecule has 0 saturated heterocycles. The Morgan fingerprint density at radius 1 is 1.27 bits per heavy atom. The van der Waals surface area contributed by atoms with Gasteiger partial charge in [0.05, 0.1) is 13.2 Å². The van der Waals surface area contributed by atoms with E-state index >= 15 is 0 Å². The van der Waals surface area contributed by atoms with E-state index in [4.69, 9.17) is 9.05 Å². The van der Waals surface area contributed by atoms with Crippen molar-refractivity contribution >= 4 is 7.75 Å². The highest BCUT2D eigenvalue weighted by atomic mass is 31.2. The van der Waals surface area contributed by atoms with E-state index in [0.29, 0.717) is 0 Å². The van der Waals surface area contributed by atoms with Gasteiger partial charge in [0.2, 0.25) is 0 Å². The fourth-order valence-electron chi connectivity index (χ4n) is 0.628. The molecular formula is C9H16NO4P. The lowest BCUT2D eigenvalue weighted by molar-refractivity contribution is 0.170. The predicted molar refractivity (Wildman–Crippen MR) is 59.2 cm³/mol. The van der Waals surface area contributed by atoms with Gasteiger partial charge in [-0.15, -0.1) is 13.2 Å². The van der Waals surface area contributed by atoms with Gasteiger partial charge < -0.3 is 5.11 Å². The summed E-state index contributed by atoms with van der Waals surface area (Å²) in [5.74, 6) is 0. The van der Waals surface area contributed by atoms with Crippen LogP contribution >= 0.6 is 7.75 Å². The Morgan fingerprint density at radius 3 is 2.07 bits per heavy atom. The van der Waals surface area contributed by atoms with Gasteiger partial charge in [-0.25, -0.2) is 4.57 Å². The summed E-state index contributed by atoms with van der Waals surface area (Å²) in [6.45, 7) is 10.2. The quantitative estimate of drug-likeness (QED) is 0.359. The van der Waals surface area contributed by atoms with Crippen molar-refractivity contribution in [2.24, 2.45) is 0 Å². The monoisotopic (exact) mass is 233 g/mol. The smallest absolute Gasteiger partial charge is 0.374 e. The Balaban J connectivity index is 4.37. The van der Waals surface area contributed by atoms with Crippen LogP contribution in [0.5, 0.6) is 0 Å². The van der Waals surface area contributed by atoms with Gasteiger partial charge in [-0.2, -0.15) is 5.09 Å². The molecule has 86 valence electrons. The molecule has 0 saturated carbocycles. The molecule has 2 N–H and O–H groups in total. The van der Waals surface area contributed by atoms with Gasteiger partial charge in [0, 0.05) is 0 Å². The largest absolute Gasteiger partial charge is 0.408 e. The van der Waals surface area contributed by atoms with Crippen molar-refractivity contribution in [1.82, 2.24) is 5.09 Å². The first-order chi connectivity index (χ1) is 7.08. The van der Waals surface area contributed by atoms with Crippen molar-refractivity contribution in [3.63, 3.8) is 0 Å². The van der Waals surface area contributed by atoms with Crippen molar-refractivity contribution in [3.05, 3.63) is 38.0 Å². The maximum Gasteiger partial charge on any atom is 0.408 e. The third kappa shape index (κ3) is 6.38. The third-order valence-electron chi connectivity index (χ3n) is 1.24. The van der Waals surface area contributed by atoms with Crippen LogP contribution < -0.4 is 5.09 Å². The lowest BCUT2D eigenvalue weighted by Crippen LogP contribution is -2.25. The third-order valence-corrected chi connectivity index (χ3v) is 2.80. The summed E-state index contributed by atoms with van der Waals surface area (Å²) in [7, 11) is -3.54. The van der Waals surface area contributed by atoms with E-state index < -0.39 is 14.0 Å². The van der Waals surface area contributed by atoms with Crippen LogP contribution in [0, 0.1) is 0 Å². The summed E-state index contributed by atoms with van der Waals surface area (Å²) in [5, 5.41) is 11.4. The Bertz CT molecular complexity index is 251. The van der Waals surface area contributed by atoms with Gasteiger partial charge in [0.1, 0.15) is 6.23 Å². The zero-order valence-corrected chi connectivity index (χ0v) is 9.36. The first-order valence-electron chi connectivity index (χ1n) is 4.27. The summed E-state index contributed by atoms with van der Waals surface area (Å²) in [4.78, 5) is 0. The minimum atomic E-state index is -3.54. The molecular weight excluding hydrogens is 217 g/mol. The second-order valence-electron chi connectivity index (χ2n) is 2.48. The molecule has 0 aromatic heterocycles. The highest BCUT2D eigenvalue weighted by Gasteiger charge is 2.25. The van der Waals surface area contributed by atoms with E-state index in [1.807, 2.05) is 0 Å². The molecule has 1 atom stereocenters. The summed E-state index contributed by atoms with van der Waals surface area (Å²) >= 11 is 0. The van der Waals surface area contributed by atoms with Crippen molar-refractivity contribution in [3.8, 4) is 0 Å². The number of nitrogens with one attached hydrogen (secondary N) is 1. The van der Waals surface area contributed by atoms with Crippen LogP contribution in [-0.4, -0.2) is 24.5 Å². The van der Waals surface area contributed by atoms with Crippen LogP contribution in [-0.2, 0) is 13.6 Å². The second-order valence-corrected chi connectivity index (χ2v) is 4.25. The van der Waals surface area contributed by atoms with Gasteiger partial charge in [-0.1, -0.05) is 18.7 Å². The molecule has 0 spiro atoms. The summed E-state index contributed by atoms with van der Waals surface area (Å²) in [6, 6.07) is 0. The second kappa shape index (κ2) is 7.56. The molecule has 0 aliphatic rings. The molecule has 0 fully saturated rings. The lowest BCUT2D eigenvalue weighted by Gasteiger charge is -2.19. The van der Waals surface area contributed by atoms with Crippen LogP contribution in [0.4, 0.5) is 0 Å². The van der Waals surface area contributed by atoms with E-state index in [2.05, 4.69) is 24.8 Å². The van der Waals surface area contributed by atoms with Crippen molar-refractivity contribution in [2.45, 2.75) is 6.23 Å². The Labute approximate surface area is 89.7 Å². The van der Waals surface area contributed by atoms with E-state index in [1.54, 1.807) is 0 Å². The molecule has 0 bridgehead atoms. The van der Waals surface area contributed by atoms with Crippen molar-refractivity contribution in [1.29, 1.82) is 0 Å². The molecule has 0 heterocycles. The summed E-state index contributed by atoms with van der Waals surface area (Å²) < 4.78 is 21.6. The topological polar surface area (TPSA) is 67.8 Å². The molecule has 0 radical (unpaired) electrons.